The molecule has 652 valence electrons. The number of rotatable bonds is 55. The molecule has 0 unspecified atom stereocenters. The summed E-state index contributed by atoms with van der Waals surface area (Å²) in [5, 5.41) is 46.8. The van der Waals surface area contributed by atoms with Gasteiger partial charge in [-0.3, -0.25) is 81.9 Å². The zero-order chi connectivity index (χ0) is 86.8. The first-order valence-corrected chi connectivity index (χ1v) is 40.1. The standard InChI is InChI=1S/C74H134N24O17/c1-12-42(9)58(96-66(108)49(28-29-53(77)99)89-54(100)37-85-61(103)51(36-39(3)4)93-64(106)47(23-15-17-31-76)92-67(109)52-27-21-35-98(52)71(113)50-26-20-32-82-50)68(110)86-38-55(101)88-45(24-18-33-83-73(78)79)62(104)87-44(11)60(102)90-46(22-14-16-30-75)63(105)91-48(25-19-34-84-74(80)81)65(107)94-56(40(5)6)69(111)95-57(41(7)8)70(112)97-59(72(114)115)43(10)13-2/h39-52,56-59,82H,12-38,75-76H2,1-11H3,(H2,77,99)(H,85,103)(H,86,110)(H,87,104)(H,88,101)(H,89,100)(H,90,102)(H,91,105)(H,92,109)(H,93,106)(H,94,107)(H,95,111)(H,96,108)(H,97,112)(H,114,115)(H4,78,79,83)(H4,80,81,84)/t42-,43-,44-,45-,46-,47-,48-,49-,50-,51-,52-,56-,57-,58-,59-/m0/s1. The number of guanidine groups is 2. The second kappa shape index (κ2) is 53.2. The van der Waals surface area contributed by atoms with E-state index in [9.17, 15) is 81.8 Å². The molecule has 0 aromatic rings. The number of amides is 15. The maximum Gasteiger partial charge on any atom is 0.326 e. The topological polar surface area (TPSA) is 672 Å². The summed E-state index contributed by atoms with van der Waals surface area (Å²) in [4.78, 5) is 229. The normalized spacial score (nSPS) is 17.2. The van der Waals surface area contributed by atoms with E-state index in [4.69, 9.17) is 40.1 Å². The lowest BCUT2D eigenvalue weighted by atomic mass is 9.96. The summed E-state index contributed by atoms with van der Waals surface area (Å²) < 4.78 is 0. The van der Waals surface area contributed by atoms with Crippen LogP contribution in [0.1, 0.15) is 198 Å². The fraction of sp³-hybridized carbons (Fsp3) is 0.757. The van der Waals surface area contributed by atoms with E-state index in [1.54, 1.807) is 74.1 Å². The molecule has 0 aromatic heterocycles. The molecule has 0 spiro atoms. The highest BCUT2D eigenvalue weighted by Crippen LogP contribution is 2.22. The molecule has 15 atom stereocenters. The Morgan fingerprint density at radius 1 is 0.443 bits per heavy atom. The number of carboxylic acids is 1. The minimum Gasteiger partial charge on any atom is -0.480 e. The summed E-state index contributed by atoms with van der Waals surface area (Å²) in [6.07, 6.45) is 4.18. The van der Waals surface area contributed by atoms with E-state index >= 15 is 0 Å². The average Bonchev–Trinajstić information content (AvgIpc) is 1.75. The maximum atomic E-state index is 14.4. The van der Waals surface area contributed by atoms with Crippen molar-refractivity contribution in [3.05, 3.63) is 0 Å². The Kier molecular flexibility index (Phi) is 46.7. The number of hydrogen-bond acceptors (Lipinski definition) is 21. The largest absolute Gasteiger partial charge is 0.480 e. The van der Waals surface area contributed by atoms with Gasteiger partial charge in [0.05, 0.1) is 19.1 Å². The maximum absolute atomic E-state index is 14.4. The van der Waals surface area contributed by atoms with E-state index in [0.717, 1.165) is 6.42 Å². The van der Waals surface area contributed by atoms with Crippen molar-refractivity contribution in [1.82, 2.24) is 79.3 Å². The van der Waals surface area contributed by atoms with Gasteiger partial charge in [-0.2, -0.15) is 0 Å². The predicted molar refractivity (Wildman–Crippen MR) is 428 cm³/mol. The highest BCUT2D eigenvalue weighted by Gasteiger charge is 2.41. The third-order valence-corrected chi connectivity index (χ3v) is 19.9. The number of unbranched alkanes of at least 4 members (excludes halogenated alkanes) is 2. The lowest BCUT2D eigenvalue weighted by molar-refractivity contribution is -0.144. The summed E-state index contributed by atoms with van der Waals surface area (Å²) in [7, 11) is 0. The van der Waals surface area contributed by atoms with Gasteiger partial charge >= 0.3 is 5.97 Å². The van der Waals surface area contributed by atoms with E-state index in [0.29, 0.717) is 64.6 Å². The summed E-state index contributed by atoms with van der Waals surface area (Å²) >= 11 is 0. The zero-order valence-corrected chi connectivity index (χ0v) is 68.8. The first-order chi connectivity index (χ1) is 54.2. The number of carbonyl (C=O) groups excluding carboxylic acids is 15. The van der Waals surface area contributed by atoms with Crippen LogP contribution in [0.15, 0.2) is 9.98 Å². The smallest absolute Gasteiger partial charge is 0.326 e. The van der Waals surface area contributed by atoms with Crippen LogP contribution in [-0.4, -0.2) is 247 Å². The van der Waals surface area contributed by atoms with Gasteiger partial charge < -0.3 is 125 Å². The average molecular weight is 1630 g/mol. The van der Waals surface area contributed by atoms with Crippen molar-refractivity contribution in [3.63, 3.8) is 0 Å². The van der Waals surface area contributed by atoms with Crippen LogP contribution in [0.25, 0.3) is 0 Å². The second-order valence-electron chi connectivity index (χ2n) is 30.6. The van der Waals surface area contributed by atoms with Crippen LogP contribution in [0, 0.1) is 29.6 Å². The van der Waals surface area contributed by atoms with Gasteiger partial charge in [0.15, 0.2) is 11.9 Å². The molecule has 0 aromatic carbocycles. The van der Waals surface area contributed by atoms with Gasteiger partial charge in [0.1, 0.15) is 72.5 Å². The third kappa shape index (κ3) is 37.4. The number of likely N-dealkylation sites (tertiary alicyclic amines) is 1. The molecule has 0 saturated carbocycles. The number of aliphatic carboxylic acids is 1. The van der Waals surface area contributed by atoms with Crippen LogP contribution in [0.2, 0.25) is 0 Å². The molecule has 2 aliphatic heterocycles. The molecule has 2 rings (SSSR count). The van der Waals surface area contributed by atoms with E-state index in [1.165, 1.54) is 6.92 Å². The number of hydrogen-bond donors (Lipinski definition) is 22. The van der Waals surface area contributed by atoms with Crippen molar-refractivity contribution in [1.29, 1.82) is 0 Å². The molecule has 0 radical (unpaired) electrons. The van der Waals surface area contributed by atoms with Crippen LogP contribution in [0.5, 0.6) is 0 Å². The molecule has 2 saturated heterocycles. The number of nitrogens with one attached hydrogen (secondary N) is 14. The highest BCUT2D eigenvalue weighted by molar-refractivity contribution is 6.00. The van der Waals surface area contributed by atoms with Crippen molar-refractivity contribution in [2.75, 3.05) is 52.4 Å². The van der Waals surface area contributed by atoms with Crippen LogP contribution < -0.4 is 115 Å². The molecular formula is C74H134N24O17. The minimum atomic E-state index is -1.53. The number of carbonyl (C=O) groups is 16. The second-order valence-corrected chi connectivity index (χ2v) is 30.6. The van der Waals surface area contributed by atoms with Gasteiger partial charge in [-0.15, -0.1) is 0 Å². The minimum absolute atomic E-state index is 0.00953. The Hall–Kier alpha value is -10.1. The molecule has 0 aliphatic carbocycles. The molecule has 2 aliphatic rings. The van der Waals surface area contributed by atoms with E-state index in [-0.39, 0.29) is 108 Å². The van der Waals surface area contributed by atoms with Gasteiger partial charge in [-0.25, -0.2) is 4.79 Å². The number of aliphatic imine (C=N–C) groups is 2. The Morgan fingerprint density at radius 3 is 1.31 bits per heavy atom. The number of carboxylic acid groups (broad SMARTS) is 1. The van der Waals surface area contributed by atoms with Crippen molar-refractivity contribution < 1.29 is 81.8 Å². The molecule has 0 bridgehead atoms. The van der Waals surface area contributed by atoms with E-state index in [2.05, 4.69) is 84.4 Å². The summed E-state index contributed by atoms with van der Waals surface area (Å²) in [5.74, 6) is -16.0. The van der Waals surface area contributed by atoms with Crippen molar-refractivity contribution in [2.45, 2.75) is 277 Å². The number of primary amides is 1. The van der Waals surface area contributed by atoms with Crippen molar-refractivity contribution >= 4 is 106 Å². The first-order valence-electron chi connectivity index (χ1n) is 40.1. The zero-order valence-electron chi connectivity index (χ0n) is 68.8. The molecule has 2 heterocycles. The van der Waals surface area contributed by atoms with Gasteiger partial charge in [0.2, 0.25) is 88.6 Å². The Morgan fingerprint density at radius 2 is 0.861 bits per heavy atom. The van der Waals surface area contributed by atoms with Crippen LogP contribution in [0.4, 0.5) is 0 Å². The van der Waals surface area contributed by atoms with Crippen LogP contribution >= 0.6 is 0 Å². The van der Waals surface area contributed by atoms with Crippen molar-refractivity contribution in [3.8, 4) is 0 Å². The summed E-state index contributed by atoms with van der Waals surface area (Å²) in [6.45, 7) is 18.2. The molecule has 41 heteroatoms. The molecule has 15 amide bonds. The molecule has 2 fully saturated rings. The van der Waals surface area contributed by atoms with Crippen molar-refractivity contribution in [2.24, 2.45) is 79.7 Å². The van der Waals surface area contributed by atoms with Gasteiger partial charge in [-0.1, -0.05) is 82.1 Å². The van der Waals surface area contributed by atoms with Crippen LogP contribution in [0.3, 0.4) is 0 Å². The Bertz CT molecular complexity index is 3290. The van der Waals surface area contributed by atoms with E-state index in [1.807, 2.05) is 0 Å². The molecule has 41 nitrogen and oxygen atoms in total. The highest BCUT2D eigenvalue weighted by atomic mass is 16.4. The van der Waals surface area contributed by atoms with Crippen LogP contribution in [-0.2, 0) is 76.7 Å². The summed E-state index contributed by atoms with van der Waals surface area (Å²) in [5.41, 5.74) is 39.2. The first kappa shape index (κ1) is 101. The monoisotopic (exact) mass is 1630 g/mol. The molecule has 115 heavy (non-hydrogen) atoms. The lowest BCUT2D eigenvalue weighted by Gasteiger charge is -2.30. The third-order valence-electron chi connectivity index (χ3n) is 19.9. The molecular weight excluding hydrogens is 1500 g/mol. The fourth-order valence-electron chi connectivity index (χ4n) is 12.7. The molecule has 29 N–H and O–H groups in total. The fourth-order valence-corrected chi connectivity index (χ4v) is 12.7. The SMILES string of the molecule is CC[C@H](C)[C@H](NC(=O)[C@@H](NC(=O)[C@@H](NC(=O)[C@H](CCCN=C(N)N)NC(=O)[C@H](CCCCN)NC(=O)[C@H](C)NC(=O)[C@H](CCCN=C(N)N)NC(=O)CNC(=O)[C@@H](NC(=O)[C@H](CCC(N)=O)NC(=O)CNC(=O)[C@H](CC(C)C)NC(=O)[C@H](CCCCN)NC(=O)[C@@H]1CCCN1C(=O)[C@@H]1CCCN1)[C@@H](C)CC)C(C)C)C(C)C)C(=O)O. The summed E-state index contributed by atoms with van der Waals surface area (Å²) in [6, 6.07) is -15.9. The Labute approximate surface area is 673 Å². The van der Waals surface area contributed by atoms with Gasteiger partial charge in [0.25, 0.3) is 0 Å². The van der Waals surface area contributed by atoms with Gasteiger partial charge in [0, 0.05) is 26.1 Å². The van der Waals surface area contributed by atoms with E-state index < -0.39 is 210 Å². The quantitative estimate of drug-likeness (QED) is 0.0153. The predicted octanol–water partition coefficient (Wildman–Crippen LogP) is -5.52. The Balaban J connectivity index is 2.33. The van der Waals surface area contributed by atoms with Gasteiger partial charge in [-0.05, 0) is 159 Å². The number of nitrogens with zero attached hydrogens (tertiary/aromatic N) is 3. The lowest BCUT2D eigenvalue weighted by Crippen LogP contribution is -2.61. The number of nitrogens with two attached hydrogens (primary N) is 7.